The summed E-state index contributed by atoms with van der Waals surface area (Å²) in [5, 5.41) is 2.53. The average Bonchev–Trinajstić information content (AvgIpc) is 2.24. The molecule has 3 N–H and O–H groups in total. The third kappa shape index (κ3) is 3.23. The van der Waals surface area contributed by atoms with Gasteiger partial charge in [-0.05, 0) is 25.0 Å². The molecule has 0 bridgehead atoms. The number of rotatable bonds is 4. The zero-order valence-electron chi connectivity index (χ0n) is 9.79. The highest BCUT2D eigenvalue weighted by atomic mass is 32.1. The smallest absolute Gasteiger partial charge is 0.234 e. The number of para-hydroxylation sites is 1. The molecule has 1 rings (SSSR count). The number of aryl methyl sites for hydroxylation is 1. The Morgan fingerprint density at radius 1 is 1.59 bits per heavy atom. The molecule has 0 aromatic heterocycles. The minimum Gasteiger partial charge on any atom is -0.393 e. The summed E-state index contributed by atoms with van der Waals surface area (Å²) >= 11 is 4.80. The van der Waals surface area contributed by atoms with Crippen LogP contribution in [-0.4, -0.2) is 10.9 Å². The van der Waals surface area contributed by atoms with Crippen LogP contribution in [0, 0.1) is 18.7 Å². The number of carbonyl (C=O) groups excluding carboxylic acids is 1. The molecule has 17 heavy (non-hydrogen) atoms. The van der Waals surface area contributed by atoms with Gasteiger partial charge in [0.05, 0.1) is 16.6 Å². The second-order valence-electron chi connectivity index (χ2n) is 3.78. The summed E-state index contributed by atoms with van der Waals surface area (Å²) < 4.78 is 13.5. The maximum Gasteiger partial charge on any atom is 0.234 e. The fraction of sp³-hybridized carbons (Fsp3) is 0.333. The predicted octanol–water partition coefficient (Wildman–Crippen LogP) is 2.38. The van der Waals surface area contributed by atoms with Crippen LogP contribution in [-0.2, 0) is 4.79 Å². The first kappa shape index (κ1) is 13.6. The number of thiocarbonyl (C=S) groups is 1. The Labute approximate surface area is 105 Å². The zero-order chi connectivity index (χ0) is 13.0. The first-order valence-electron chi connectivity index (χ1n) is 5.32. The second-order valence-corrected chi connectivity index (χ2v) is 4.26. The van der Waals surface area contributed by atoms with Crippen molar-refractivity contribution in [3.63, 3.8) is 0 Å². The van der Waals surface area contributed by atoms with Gasteiger partial charge in [-0.1, -0.05) is 31.3 Å². The van der Waals surface area contributed by atoms with Gasteiger partial charge < -0.3 is 11.1 Å². The predicted molar refractivity (Wildman–Crippen MR) is 70.3 cm³/mol. The number of amides is 1. The zero-order valence-corrected chi connectivity index (χ0v) is 10.6. The number of halogens is 1. The largest absolute Gasteiger partial charge is 0.393 e. The quantitative estimate of drug-likeness (QED) is 0.811. The fourth-order valence-corrected chi connectivity index (χ4v) is 1.79. The standard InChI is InChI=1S/C12H15FN2OS/c1-3-8(11(14)17)12(16)15-10-7(2)5-4-6-9(10)13/h4-6,8H,3H2,1-2H3,(H2,14,17)(H,15,16). The number of nitrogens with two attached hydrogens (primary N) is 1. The summed E-state index contributed by atoms with van der Waals surface area (Å²) in [7, 11) is 0. The van der Waals surface area contributed by atoms with E-state index in [0.717, 1.165) is 0 Å². The van der Waals surface area contributed by atoms with Gasteiger partial charge >= 0.3 is 0 Å². The van der Waals surface area contributed by atoms with Crippen LogP contribution in [0.1, 0.15) is 18.9 Å². The van der Waals surface area contributed by atoms with Gasteiger partial charge in [0.1, 0.15) is 5.82 Å². The molecule has 1 atom stereocenters. The lowest BCUT2D eigenvalue weighted by Crippen LogP contribution is -2.33. The highest BCUT2D eigenvalue weighted by molar-refractivity contribution is 7.80. The molecule has 0 aliphatic heterocycles. The molecule has 3 nitrogen and oxygen atoms in total. The van der Waals surface area contributed by atoms with E-state index >= 15 is 0 Å². The molecular formula is C12H15FN2OS. The van der Waals surface area contributed by atoms with Gasteiger partial charge in [0, 0.05) is 0 Å². The molecule has 0 saturated heterocycles. The average molecular weight is 254 g/mol. The minimum absolute atomic E-state index is 0.124. The number of benzene rings is 1. The van der Waals surface area contributed by atoms with Crippen molar-refractivity contribution in [3.05, 3.63) is 29.6 Å². The molecule has 0 aliphatic carbocycles. The van der Waals surface area contributed by atoms with E-state index in [-0.39, 0.29) is 16.6 Å². The van der Waals surface area contributed by atoms with Crippen molar-refractivity contribution in [1.82, 2.24) is 0 Å². The van der Waals surface area contributed by atoms with Crippen molar-refractivity contribution in [2.45, 2.75) is 20.3 Å². The first-order chi connectivity index (χ1) is 7.97. The van der Waals surface area contributed by atoms with Gasteiger partial charge in [-0.3, -0.25) is 4.79 Å². The topological polar surface area (TPSA) is 55.1 Å². The van der Waals surface area contributed by atoms with Crippen molar-refractivity contribution in [3.8, 4) is 0 Å². The lowest BCUT2D eigenvalue weighted by molar-refractivity contribution is -0.118. The summed E-state index contributed by atoms with van der Waals surface area (Å²) in [5.74, 6) is -1.40. The molecule has 0 spiro atoms. The highest BCUT2D eigenvalue weighted by Crippen LogP contribution is 2.20. The number of hydrogen-bond donors (Lipinski definition) is 2. The van der Waals surface area contributed by atoms with E-state index < -0.39 is 11.7 Å². The van der Waals surface area contributed by atoms with E-state index in [4.69, 9.17) is 18.0 Å². The lowest BCUT2D eigenvalue weighted by atomic mass is 10.1. The Kier molecular flexibility index (Phi) is 4.57. The van der Waals surface area contributed by atoms with Crippen LogP contribution >= 0.6 is 12.2 Å². The van der Waals surface area contributed by atoms with Gasteiger partial charge in [-0.2, -0.15) is 0 Å². The van der Waals surface area contributed by atoms with Crippen LogP contribution in [0.5, 0.6) is 0 Å². The fourth-order valence-electron chi connectivity index (χ4n) is 1.52. The molecule has 92 valence electrons. The third-order valence-corrected chi connectivity index (χ3v) is 2.82. The van der Waals surface area contributed by atoms with Gasteiger partial charge in [-0.25, -0.2) is 4.39 Å². The van der Waals surface area contributed by atoms with E-state index in [0.29, 0.717) is 12.0 Å². The Balaban J connectivity index is 2.91. The molecule has 0 radical (unpaired) electrons. The molecule has 0 fully saturated rings. The summed E-state index contributed by atoms with van der Waals surface area (Å²) in [6, 6.07) is 4.61. The summed E-state index contributed by atoms with van der Waals surface area (Å²) in [5.41, 5.74) is 6.31. The van der Waals surface area contributed by atoms with Crippen LogP contribution in [0.25, 0.3) is 0 Å². The van der Waals surface area contributed by atoms with Crippen LogP contribution in [0.15, 0.2) is 18.2 Å². The van der Waals surface area contributed by atoms with E-state index in [2.05, 4.69) is 5.32 Å². The Morgan fingerprint density at radius 2 is 2.24 bits per heavy atom. The van der Waals surface area contributed by atoms with Crippen molar-refractivity contribution < 1.29 is 9.18 Å². The van der Waals surface area contributed by atoms with Crippen LogP contribution in [0.3, 0.4) is 0 Å². The lowest BCUT2D eigenvalue weighted by Gasteiger charge is -2.15. The Bertz CT molecular complexity index is 428. The van der Waals surface area contributed by atoms with Crippen molar-refractivity contribution >= 4 is 28.8 Å². The Hall–Kier alpha value is -1.49. The molecular weight excluding hydrogens is 239 g/mol. The van der Waals surface area contributed by atoms with E-state index in [1.807, 2.05) is 0 Å². The van der Waals surface area contributed by atoms with Crippen molar-refractivity contribution in [2.75, 3.05) is 5.32 Å². The summed E-state index contributed by atoms with van der Waals surface area (Å²) in [4.78, 5) is 12.0. The molecule has 0 heterocycles. The minimum atomic E-state index is -0.566. The maximum absolute atomic E-state index is 13.5. The highest BCUT2D eigenvalue weighted by Gasteiger charge is 2.20. The molecule has 0 saturated carbocycles. The van der Waals surface area contributed by atoms with Gasteiger partial charge in [-0.15, -0.1) is 0 Å². The van der Waals surface area contributed by atoms with Gasteiger partial charge in [0.2, 0.25) is 5.91 Å². The van der Waals surface area contributed by atoms with Gasteiger partial charge in [0.25, 0.3) is 0 Å². The summed E-state index contributed by atoms with van der Waals surface area (Å²) in [6.45, 7) is 3.53. The maximum atomic E-state index is 13.5. The third-order valence-electron chi connectivity index (χ3n) is 2.54. The van der Waals surface area contributed by atoms with Crippen LogP contribution in [0.2, 0.25) is 0 Å². The van der Waals surface area contributed by atoms with Crippen molar-refractivity contribution in [1.29, 1.82) is 0 Å². The second kappa shape index (κ2) is 5.72. The number of nitrogens with one attached hydrogen (secondary N) is 1. The summed E-state index contributed by atoms with van der Waals surface area (Å²) in [6.07, 6.45) is 0.495. The monoisotopic (exact) mass is 254 g/mol. The first-order valence-corrected chi connectivity index (χ1v) is 5.73. The molecule has 5 heteroatoms. The molecule has 1 aromatic rings. The van der Waals surface area contributed by atoms with Crippen LogP contribution in [0.4, 0.5) is 10.1 Å². The molecule has 1 aromatic carbocycles. The van der Waals surface area contributed by atoms with E-state index in [1.165, 1.54) is 6.07 Å². The van der Waals surface area contributed by atoms with E-state index in [9.17, 15) is 9.18 Å². The van der Waals surface area contributed by atoms with Gasteiger partial charge in [0.15, 0.2) is 0 Å². The van der Waals surface area contributed by atoms with Crippen molar-refractivity contribution in [2.24, 2.45) is 11.7 Å². The molecule has 0 aliphatic rings. The number of hydrogen-bond acceptors (Lipinski definition) is 2. The SMILES string of the molecule is CCC(C(=O)Nc1c(C)cccc1F)C(N)=S. The van der Waals surface area contributed by atoms with Crippen LogP contribution < -0.4 is 11.1 Å². The number of anilines is 1. The molecule has 1 unspecified atom stereocenters. The normalized spacial score (nSPS) is 11.9. The number of carbonyl (C=O) groups is 1. The Morgan fingerprint density at radius 3 is 2.71 bits per heavy atom. The molecule has 1 amide bonds. The van der Waals surface area contributed by atoms with E-state index in [1.54, 1.807) is 26.0 Å².